The number of hydrogen-bond donors (Lipinski definition) is 1. The number of aryl methyl sites for hydroxylation is 1. The molecule has 120 valence electrons. The summed E-state index contributed by atoms with van der Waals surface area (Å²) in [6.45, 7) is 0.484. The van der Waals surface area contributed by atoms with Gasteiger partial charge in [-0.3, -0.25) is 4.79 Å². The first kappa shape index (κ1) is 15.5. The van der Waals surface area contributed by atoms with E-state index < -0.39 is 9.84 Å². The van der Waals surface area contributed by atoms with Gasteiger partial charge in [0, 0.05) is 18.2 Å². The standard InChI is InChI=1S/C17H23NO3S/c1-22(20,21)12-17(9-10-17)11-18-16(19)15-8-4-6-13-5-2-3-7-14(13)15/h2-3,5,7,15H,4,6,8-12H2,1H3,(H,18,19)/t15-/m1/s1. The van der Waals surface area contributed by atoms with Gasteiger partial charge in [0.1, 0.15) is 9.84 Å². The van der Waals surface area contributed by atoms with E-state index in [9.17, 15) is 13.2 Å². The minimum Gasteiger partial charge on any atom is -0.355 e. The maximum Gasteiger partial charge on any atom is 0.227 e. The molecule has 1 aromatic carbocycles. The van der Waals surface area contributed by atoms with Crippen molar-refractivity contribution in [2.45, 2.75) is 38.0 Å². The number of nitrogens with one attached hydrogen (secondary N) is 1. The second-order valence-electron chi connectivity index (χ2n) is 6.93. The summed E-state index contributed by atoms with van der Waals surface area (Å²) in [5.74, 6) is 0.146. The fourth-order valence-electron chi connectivity index (χ4n) is 3.53. The van der Waals surface area contributed by atoms with Crippen molar-refractivity contribution in [1.82, 2.24) is 5.32 Å². The molecule has 22 heavy (non-hydrogen) atoms. The third kappa shape index (κ3) is 3.51. The first-order chi connectivity index (χ1) is 10.4. The van der Waals surface area contributed by atoms with Crippen molar-refractivity contribution in [3.8, 4) is 0 Å². The molecule has 0 spiro atoms. The summed E-state index contributed by atoms with van der Waals surface area (Å²) in [6, 6.07) is 8.14. The van der Waals surface area contributed by atoms with E-state index in [2.05, 4.69) is 11.4 Å². The Bertz CT molecular complexity index is 677. The SMILES string of the molecule is CS(=O)(=O)CC1(CNC(=O)[C@@H]2CCCc3ccccc32)CC1. The van der Waals surface area contributed by atoms with Crippen LogP contribution in [0.15, 0.2) is 24.3 Å². The fourth-order valence-corrected chi connectivity index (χ4v) is 5.03. The zero-order chi connectivity index (χ0) is 15.8. The highest BCUT2D eigenvalue weighted by Crippen LogP contribution is 2.46. The number of fused-ring (bicyclic) bond motifs is 1. The van der Waals surface area contributed by atoms with Gasteiger partial charge in [-0.1, -0.05) is 24.3 Å². The Balaban J connectivity index is 1.64. The Labute approximate surface area is 132 Å². The van der Waals surface area contributed by atoms with Crippen LogP contribution in [-0.2, 0) is 21.1 Å². The van der Waals surface area contributed by atoms with Gasteiger partial charge in [-0.2, -0.15) is 0 Å². The molecule has 0 radical (unpaired) electrons. The van der Waals surface area contributed by atoms with E-state index in [1.165, 1.54) is 11.8 Å². The summed E-state index contributed by atoms with van der Waals surface area (Å²) in [5, 5.41) is 3.02. The molecule has 1 N–H and O–H groups in total. The second kappa shape index (κ2) is 5.69. The Morgan fingerprint density at radius 2 is 2.05 bits per heavy atom. The highest BCUT2D eigenvalue weighted by molar-refractivity contribution is 7.90. The molecule has 3 rings (SSSR count). The number of carbonyl (C=O) groups is 1. The van der Waals surface area contributed by atoms with Gasteiger partial charge in [0.05, 0.1) is 11.7 Å². The molecular weight excluding hydrogens is 298 g/mol. The average molecular weight is 321 g/mol. The fraction of sp³-hybridized carbons (Fsp3) is 0.588. The van der Waals surface area contributed by atoms with Crippen LogP contribution in [0.4, 0.5) is 0 Å². The lowest BCUT2D eigenvalue weighted by atomic mass is 9.82. The molecule has 1 fully saturated rings. The van der Waals surface area contributed by atoms with Crippen LogP contribution in [0.1, 0.15) is 42.7 Å². The number of benzene rings is 1. The van der Waals surface area contributed by atoms with E-state index in [4.69, 9.17) is 0 Å². The number of carbonyl (C=O) groups excluding carboxylic acids is 1. The maximum absolute atomic E-state index is 12.5. The molecule has 1 atom stereocenters. The normalized spacial score (nSPS) is 22.7. The summed E-state index contributed by atoms with van der Waals surface area (Å²) in [6.07, 6.45) is 6.00. The number of amides is 1. The highest BCUT2D eigenvalue weighted by atomic mass is 32.2. The van der Waals surface area contributed by atoms with Crippen LogP contribution < -0.4 is 5.32 Å². The molecule has 2 aliphatic rings. The Kier molecular flexibility index (Phi) is 4.02. The monoisotopic (exact) mass is 321 g/mol. The van der Waals surface area contributed by atoms with Crippen LogP contribution in [-0.4, -0.2) is 32.9 Å². The molecule has 5 heteroatoms. The minimum absolute atomic E-state index is 0.0481. The van der Waals surface area contributed by atoms with Crippen molar-refractivity contribution in [2.24, 2.45) is 5.41 Å². The molecule has 0 aliphatic heterocycles. The summed E-state index contributed by atoms with van der Waals surface area (Å²) in [5.41, 5.74) is 2.20. The lowest BCUT2D eigenvalue weighted by molar-refractivity contribution is -0.123. The molecule has 0 aromatic heterocycles. The molecule has 1 aromatic rings. The molecule has 1 saturated carbocycles. The van der Waals surface area contributed by atoms with Gasteiger partial charge in [0.25, 0.3) is 0 Å². The molecule has 1 amide bonds. The number of hydrogen-bond acceptors (Lipinski definition) is 3. The smallest absolute Gasteiger partial charge is 0.227 e. The zero-order valence-electron chi connectivity index (χ0n) is 13.0. The summed E-state index contributed by atoms with van der Waals surface area (Å²) >= 11 is 0. The predicted molar refractivity (Wildman–Crippen MR) is 86.5 cm³/mol. The third-order valence-corrected chi connectivity index (χ3v) is 5.99. The Morgan fingerprint density at radius 1 is 1.32 bits per heavy atom. The third-order valence-electron chi connectivity index (χ3n) is 4.85. The predicted octanol–water partition coefficient (Wildman–Crippen LogP) is 2.05. The van der Waals surface area contributed by atoms with Gasteiger partial charge in [0.2, 0.25) is 5.91 Å². The molecule has 0 bridgehead atoms. The maximum atomic E-state index is 12.5. The van der Waals surface area contributed by atoms with E-state index in [0.717, 1.165) is 37.7 Å². The minimum atomic E-state index is -2.99. The zero-order valence-corrected chi connectivity index (χ0v) is 13.8. The first-order valence-corrected chi connectivity index (χ1v) is 9.98. The molecular formula is C17H23NO3S. The Morgan fingerprint density at radius 3 is 2.73 bits per heavy atom. The van der Waals surface area contributed by atoms with Crippen LogP contribution in [0.2, 0.25) is 0 Å². The van der Waals surface area contributed by atoms with Crippen molar-refractivity contribution in [2.75, 3.05) is 18.6 Å². The van der Waals surface area contributed by atoms with Crippen molar-refractivity contribution in [3.05, 3.63) is 35.4 Å². The van der Waals surface area contributed by atoms with Crippen LogP contribution in [0, 0.1) is 5.41 Å². The lowest BCUT2D eigenvalue weighted by Gasteiger charge is -2.25. The van der Waals surface area contributed by atoms with E-state index in [1.54, 1.807) is 0 Å². The summed E-state index contributed by atoms with van der Waals surface area (Å²) in [4.78, 5) is 12.5. The first-order valence-electron chi connectivity index (χ1n) is 7.92. The van der Waals surface area contributed by atoms with Crippen molar-refractivity contribution in [3.63, 3.8) is 0 Å². The second-order valence-corrected chi connectivity index (χ2v) is 9.07. The number of sulfone groups is 1. The van der Waals surface area contributed by atoms with Gasteiger partial charge < -0.3 is 5.32 Å². The van der Waals surface area contributed by atoms with E-state index in [1.807, 2.05) is 18.2 Å². The van der Waals surface area contributed by atoms with Gasteiger partial charge >= 0.3 is 0 Å². The summed E-state index contributed by atoms with van der Waals surface area (Å²) < 4.78 is 23.0. The largest absolute Gasteiger partial charge is 0.355 e. The average Bonchev–Trinajstić information content (AvgIpc) is 3.22. The van der Waals surface area contributed by atoms with Gasteiger partial charge in [-0.25, -0.2) is 8.42 Å². The van der Waals surface area contributed by atoms with Crippen molar-refractivity contribution >= 4 is 15.7 Å². The van der Waals surface area contributed by atoms with E-state index in [-0.39, 0.29) is 23.0 Å². The van der Waals surface area contributed by atoms with Gasteiger partial charge in [0.15, 0.2) is 0 Å². The Hall–Kier alpha value is -1.36. The van der Waals surface area contributed by atoms with Crippen molar-refractivity contribution < 1.29 is 13.2 Å². The van der Waals surface area contributed by atoms with E-state index >= 15 is 0 Å². The van der Waals surface area contributed by atoms with Crippen molar-refractivity contribution in [1.29, 1.82) is 0 Å². The molecule has 0 saturated heterocycles. The molecule has 4 nitrogen and oxygen atoms in total. The van der Waals surface area contributed by atoms with E-state index in [0.29, 0.717) is 6.54 Å². The van der Waals surface area contributed by atoms with Crippen LogP contribution >= 0.6 is 0 Å². The highest BCUT2D eigenvalue weighted by Gasteiger charge is 2.45. The van der Waals surface area contributed by atoms with Gasteiger partial charge in [-0.05, 0) is 43.2 Å². The quantitative estimate of drug-likeness (QED) is 0.903. The molecule has 0 unspecified atom stereocenters. The lowest BCUT2D eigenvalue weighted by Crippen LogP contribution is -2.37. The van der Waals surface area contributed by atoms with Crippen LogP contribution in [0.5, 0.6) is 0 Å². The van der Waals surface area contributed by atoms with Gasteiger partial charge in [-0.15, -0.1) is 0 Å². The van der Waals surface area contributed by atoms with Crippen LogP contribution in [0.25, 0.3) is 0 Å². The summed E-state index contributed by atoms with van der Waals surface area (Å²) in [7, 11) is -2.99. The van der Waals surface area contributed by atoms with Crippen LogP contribution in [0.3, 0.4) is 0 Å². The topological polar surface area (TPSA) is 63.2 Å². The molecule has 2 aliphatic carbocycles. The molecule has 0 heterocycles. The number of rotatable bonds is 5.